The molecule has 0 atom stereocenters. The highest BCUT2D eigenvalue weighted by atomic mass is 16.5. The van der Waals surface area contributed by atoms with Crippen molar-refractivity contribution in [1.82, 2.24) is 0 Å². The van der Waals surface area contributed by atoms with Crippen molar-refractivity contribution in [3.63, 3.8) is 0 Å². The Morgan fingerprint density at radius 2 is 1.89 bits per heavy atom. The summed E-state index contributed by atoms with van der Waals surface area (Å²) in [6, 6.07) is 17.8. The summed E-state index contributed by atoms with van der Waals surface area (Å²) in [7, 11) is 1.50. The van der Waals surface area contributed by atoms with Gasteiger partial charge in [0.25, 0.3) is 0 Å². The zero-order valence-corrected chi connectivity index (χ0v) is 15.5. The van der Waals surface area contributed by atoms with Crippen LogP contribution < -0.4 is 9.47 Å². The van der Waals surface area contributed by atoms with Crippen LogP contribution in [0.2, 0.25) is 0 Å². The van der Waals surface area contributed by atoms with E-state index in [9.17, 15) is 15.3 Å². The standard InChI is InChI=1S/C22H18N2O4/c1-15-10-18(19-11-17(12-23)8-9-21(19)27-2)20(13-24(15)26)22(25)28-14-16-6-4-3-5-7-16/h3-11,13H,14H2,1-2H3. The average molecular weight is 374 g/mol. The number of hydrogen-bond donors (Lipinski definition) is 0. The smallest absolute Gasteiger partial charge is 0.345 e. The number of methoxy groups -OCH3 is 1. The Morgan fingerprint density at radius 1 is 1.14 bits per heavy atom. The van der Waals surface area contributed by atoms with Crippen LogP contribution in [0, 0.1) is 23.5 Å². The minimum Gasteiger partial charge on any atom is -0.618 e. The second kappa shape index (κ2) is 8.23. The highest BCUT2D eigenvalue weighted by Crippen LogP contribution is 2.33. The number of carbonyl (C=O) groups is 1. The molecule has 3 rings (SSSR count). The Kier molecular flexibility index (Phi) is 5.56. The summed E-state index contributed by atoms with van der Waals surface area (Å²) in [6.07, 6.45) is 1.19. The number of aromatic nitrogens is 1. The van der Waals surface area contributed by atoms with Crippen LogP contribution in [-0.2, 0) is 11.3 Å². The fourth-order valence-corrected chi connectivity index (χ4v) is 2.81. The summed E-state index contributed by atoms with van der Waals surface area (Å²) >= 11 is 0. The monoisotopic (exact) mass is 374 g/mol. The van der Waals surface area contributed by atoms with Gasteiger partial charge in [-0.15, -0.1) is 0 Å². The molecule has 2 aromatic carbocycles. The molecular weight excluding hydrogens is 356 g/mol. The molecule has 0 spiro atoms. The Morgan fingerprint density at radius 3 is 2.57 bits per heavy atom. The van der Waals surface area contributed by atoms with E-state index in [0.29, 0.717) is 32.9 Å². The van der Waals surface area contributed by atoms with Gasteiger partial charge in [0.2, 0.25) is 0 Å². The van der Waals surface area contributed by atoms with E-state index >= 15 is 0 Å². The molecule has 0 bridgehead atoms. The lowest BCUT2D eigenvalue weighted by Gasteiger charge is -2.14. The number of nitriles is 1. The molecule has 6 nitrogen and oxygen atoms in total. The third-order valence-corrected chi connectivity index (χ3v) is 4.29. The number of nitrogens with zero attached hydrogens (tertiary/aromatic N) is 2. The van der Waals surface area contributed by atoms with Gasteiger partial charge in [0, 0.05) is 24.1 Å². The summed E-state index contributed by atoms with van der Waals surface area (Å²) in [5.41, 5.74) is 2.76. The van der Waals surface area contributed by atoms with Crippen LogP contribution >= 0.6 is 0 Å². The second-order valence-electron chi connectivity index (χ2n) is 6.16. The zero-order chi connectivity index (χ0) is 20.1. The Labute approximate surface area is 162 Å². The number of esters is 1. The van der Waals surface area contributed by atoms with E-state index < -0.39 is 5.97 Å². The number of rotatable bonds is 5. The predicted molar refractivity (Wildman–Crippen MR) is 102 cm³/mol. The van der Waals surface area contributed by atoms with Gasteiger partial charge in [0.05, 0.1) is 18.7 Å². The van der Waals surface area contributed by atoms with Crippen LogP contribution in [0.3, 0.4) is 0 Å². The van der Waals surface area contributed by atoms with Crippen molar-refractivity contribution in [2.75, 3.05) is 7.11 Å². The van der Waals surface area contributed by atoms with Gasteiger partial charge in [0.15, 0.2) is 11.9 Å². The molecule has 0 aliphatic carbocycles. The topological polar surface area (TPSA) is 86.3 Å². The molecule has 0 fully saturated rings. The molecule has 1 aromatic heterocycles. The molecule has 28 heavy (non-hydrogen) atoms. The fraction of sp³-hybridized carbons (Fsp3) is 0.136. The van der Waals surface area contributed by atoms with Crippen molar-refractivity contribution in [1.29, 1.82) is 5.26 Å². The molecule has 0 unspecified atom stereocenters. The highest BCUT2D eigenvalue weighted by molar-refractivity contribution is 5.97. The lowest BCUT2D eigenvalue weighted by Crippen LogP contribution is -2.31. The van der Waals surface area contributed by atoms with Gasteiger partial charge in [-0.1, -0.05) is 30.3 Å². The molecule has 0 saturated heterocycles. The van der Waals surface area contributed by atoms with E-state index in [0.717, 1.165) is 5.56 Å². The molecule has 0 amide bonds. The Balaban J connectivity index is 2.04. The van der Waals surface area contributed by atoms with Crippen molar-refractivity contribution in [3.05, 3.63) is 88.4 Å². The molecule has 1 heterocycles. The summed E-state index contributed by atoms with van der Waals surface area (Å²) in [5.74, 6) is -0.146. The third-order valence-electron chi connectivity index (χ3n) is 4.29. The summed E-state index contributed by atoms with van der Waals surface area (Å²) in [4.78, 5) is 12.7. The molecule has 0 radical (unpaired) electrons. The third kappa shape index (κ3) is 3.94. The summed E-state index contributed by atoms with van der Waals surface area (Å²) < 4.78 is 11.4. The maximum Gasteiger partial charge on any atom is 0.345 e. The first-order valence-corrected chi connectivity index (χ1v) is 8.57. The van der Waals surface area contributed by atoms with E-state index in [4.69, 9.17) is 9.47 Å². The van der Waals surface area contributed by atoms with Gasteiger partial charge < -0.3 is 14.7 Å². The van der Waals surface area contributed by atoms with Crippen LogP contribution in [-0.4, -0.2) is 13.1 Å². The number of hydrogen-bond acceptors (Lipinski definition) is 5. The minimum absolute atomic E-state index is 0.0845. The maximum absolute atomic E-state index is 12.7. The van der Waals surface area contributed by atoms with Crippen molar-refractivity contribution in [2.45, 2.75) is 13.5 Å². The molecule has 0 aliphatic rings. The fourth-order valence-electron chi connectivity index (χ4n) is 2.81. The van der Waals surface area contributed by atoms with Crippen LogP contribution in [0.5, 0.6) is 5.75 Å². The largest absolute Gasteiger partial charge is 0.618 e. The predicted octanol–water partition coefficient (Wildman–Crippen LogP) is 3.53. The van der Waals surface area contributed by atoms with E-state index in [-0.39, 0.29) is 12.2 Å². The molecule has 6 heteroatoms. The van der Waals surface area contributed by atoms with Gasteiger partial charge in [-0.2, -0.15) is 9.99 Å². The lowest BCUT2D eigenvalue weighted by atomic mass is 9.98. The van der Waals surface area contributed by atoms with E-state index in [1.54, 1.807) is 31.2 Å². The first-order valence-electron chi connectivity index (χ1n) is 8.57. The van der Waals surface area contributed by atoms with Gasteiger partial charge in [-0.3, -0.25) is 0 Å². The first kappa shape index (κ1) is 18.9. The molecule has 140 valence electrons. The molecule has 0 aliphatic heterocycles. The Bertz CT molecular complexity index is 1060. The van der Waals surface area contributed by atoms with Gasteiger partial charge in [0.1, 0.15) is 17.9 Å². The van der Waals surface area contributed by atoms with Crippen molar-refractivity contribution >= 4 is 5.97 Å². The van der Waals surface area contributed by atoms with Crippen molar-refractivity contribution in [2.24, 2.45) is 0 Å². The van der Waals surface area contributed by atoms with E-state index in [1.165, 1.54) is 13.3 Å². The van der Waals surface area contributed by atoms with E-state index in [2.05, 4.69) is 6.07 Å². The van der Waals surface area contributed by atoms with Gasteiger partial charge in [-0.25, -0.2) is 4.79 Å². The molecule has 0 N–H and O–H groups in total. The number of aryl methyl sites for hydroxylation is 1. The van der Waals surface area contributed by atoms with Crippen molar-refractivity contribution in [3.8, 4) is 22.9 Å². The number of pyridine rings is 1. The van der Waals surface area contributed by atoms with Crippen LogP contribution in [0.15, 0.2) is 60.8 Å². The first-order chi connectivity index (χ1) is 13.5. The van der Waals surface area contributed by atoms with Gasteiger partial charge in [-0.05, 0) is 23.8 Å². The van der Waals surface area contributed by atoms with Crippen LogP contribution in [0.4, 0.5) is 0 Å². The molecule has 0 saturated carbocycles. The quantitative estimate of drug-likeness (QED) is 0.387. The highest BCUT2D eigenvalue weighted by Gasteiger charge is 2.22. The number of benzene rings is 2. The average Bonchev–Trinajstić information content (AvgIpc) is 2.73. The van der Waals surface area contributed by atoms with Gasteiger partial charge >= 0.3 is 5.97 Å². The SMILES string of the molecule is COc1ccc(C#N)cc1-c1cc(C)[n+]([O-])cc1C(=O)OCc1ccccc1. The minimum atomic E-state index is -0.632. The molecule has 3 aromatic rings. The maximum atomic E-state index is 12.7. The van der Waals surface area contributed by atoms with Crippen molar-refractivity contribution < 1.29 is 19.0 Å². The zero-order valence-electron chi connectivity index (χ0n) is 15.5. The summed E-state index contributed by atoms with van der Waals surface area (Å²) in [5, 5.41) is 21.3. The Hall–Kier alpha value is -3.85. The second-order valence-corrected chi connectivity index (χ2v) is 6.16. The summed E-state index contributed by atoms with van der Waals surface area (Å²) in [6.45, 7) is 1.72. The normalized spacial score (nSPS) is 10.2. The van der Waals surface area contributed by atoms with E-state index in [1.807, 2.05) is 30.3 Å². The lowest BCUT2D eigenvalue weighted by molar-refractivity contribution is -0.612. The number of carbonyl (C=O) groups excluding carboxylic acids is 1. The molecular formula is C22H18N2O4. The van der Waals surface area contributed by atoms with Crippen LogP contribution in [0.25, 0.3) is 11.1 Å². The van der Waals surface area contributed by atoms with Crippen LogP contribution in [0.1, 0.15) is 27.2 Å². The number of ether oxygens (including phenoxy) is 2.